The summed E-state index contributed by atoms with van der Waals surface area (Å²) < 4.78 is 29.5. The predicted molar refractivity (Wildman–Crippen MR) is 141 cm³/mol. The molecule has 0 aliphatic carbocycles. The Morgan fingerprint density at radius 2 is 1.61 bits per heavy atom. The summed E-state index contributed by atoms with van der Waals surface area (Å²) in [4.78, 5) is 12.8. The molecule has 1 amide bonds. The fraction of sp³-hybridized carbons (Fsp3) is 0.115. The molecule has 1 N–H and O–H groups in total. The van der Waals surface area contributed by atoms with E-state index in [9.17, 15) is 13.2 Å². The first kappa shape index (κ1) is 25.2. The van der Waals surface area contributed by atoms with Crippen LogP contribution in [0.15, 0.2) is 94.9 Å². The van der Waals surface area contributed by atoms with E-state index in [2.05, 4.69) is 15.6 Å². The average Bonchev–Trinajstić information content (AvgIpc) is 3.17. The van der Waals surface area contributed by atoms with Crippen molar-refractivity contribution in [2.75, 3.05) is 10.8 Å². The molecule has 0 bridgehead atoms. The molecule has 3 aromatic carbocycles. The minimum absolute atomic E-state index is 0.0870. The summed E-state index contributed by atoms with van der Waals surface area (Å²) >= 11 is 6.30. The van der Waals surface area contributed by atoms with E-state index in [-0.39, 0.29) is 10.0 Å². The molecular formula is C26H24ClN5O3S. The van der Waals surface area contributed by atoms with Gasteiger partial charge in [0.15, 0.2) is 5.15 Å². The predicted octanol–water partition coefficient (Wildman–Crippen LogP) is 4.49. The molecule has 0 saturated carbocycles. The highest BCUT2D eigenvalue weighted by Gasteiger charge is 2.27. The lowest BCUT2D eigenvalue weighted by Gasteiger charge is -2.23. The van der Waals surface area contributed by atoms with Crippen LogP contribution in [0.25, 0.3) is 5.69 Å². The van der Waals surface area contributed by atoms with Gasteiger partial charge in [-0.05, 0) is 50.2 Å². The highest BCUT2D eigenvalue weighted by Crippen LogP contribution is 2.24. The lowest BCUT2D eigenvalue weighted by atomic mass is 10.2. The lowest BCUT2D eigenvalue weighted by Crippen LogP contribution is -2.39. The van der Waals surface area contributed by atoms with Crippen molar-refractivity contribution in [1.29, 1.82) is 0 Å². The topological polar surface area (TPSA) is 96.7 Å². The molecule has 0 aliphatic rings. The van der Waals surface area contributed by atoms with Gasteiger partial charge in [0.2, 0.25) is 0 Å². The second kappa shape index (κ2) is 10.8. The van der Waals surface area contributed by atoms with Gasteiger partial charge in [-0.2, -0.15) is 10.2 Å². The van der Waals surface area contributed by atoms with E-state index in [1.165, 1.54) is 18.3 Å². The molecule has 4 aromatic rings. The summed E-state index contributed by atoms with van der Waals surface area (Å²) in [6, 6.07) is 24.4. The summed E-state index contributed by atoms with van der Waals surface area (Å²) in [5.74, 6) is -0.616. The van der Waals surface area contributed by atoms with Gasteiger partial charge in [-0.15, -0.1) is 0 Å². The SMILES string of the molecule is Cc1ccc(S(=O)(=O)N(CC(=O)N/N=C\c2c(Cl)nn(-c3ccccc3)c2C)c2ccccc2)cc1. The third kappa shape index (κ3) is 5.48. The highest BCUT2D eigenvalue weighted by molar-refractivity contribution is 7.92. The van der Waals surface area contributed by atoms with E-state index in [4.69, 9.17) is 11.6 Å². The maximum absolute atomic E-state index is 13.4. The minimum Gasteiger partial charge on any atom is -0.271 e. The molecule has 0 atom stereocenters. The van der Waals surface area contributed by atoms with E-state index in [1.807, 2.05) is 44.2 Å². The van der Waals surface area contributed by atoms with Crippen LogP contribution >= 0.6 is 11.6 Å². The molecule has 0 saturated heterocycles. The summed E-state index contributed by atoms with van der Waals surface area (Å²) in [6.07, 6.45) is 1.39. The number of aryl methyl sites for hydroxylation is 1. The summed E-state index contributed by atoms with van der Waals surface area (Å²) in [5, 5.41) is 8.55. The number of para-hydroxylation sites is 2. The van der Waals surface area contributed by atoms with Gasteiger partial charge in [0, 0.05) is 0 Å². The molecular weight excluding hydrogens is 498 g/mol. The third-order valence-electron chi connectivity index (χ3n) is 5.44. The number of hydrazone groups is 1. The number of sulfonamides is 1. The molecule has 0 aliphatic heterocycles. The van der Waals surface area contributed by atoms with Crippen molar-refractivity contribution in [3.63, 3.8) is 0 Å². The number of benzene rings is 3. The fourth-order valence-electron chi connectivity index (χ4n) is 3.53. The van der Waals surface area contributed by atoms with Crippen molar-refractivity contribution in [2.45, 2.75) is 18.7 Å². The molecule has 0 spiro atoms. The Morgan fingerprint density at radius 1 is 1.00 bits per heavy atom. The van der Waals surface area contributed by atoms with Crippen molar-refractivity contribution in [3.05, 3.63) is 107 Å². The van der Waals surface area contributed by atoms with Gasteiger partial charge < -0.3 is 0 Å². The number of carbonyl (C=O) groups is 1. The van der Waals surface area contributed by atoms with E-state index in [0.717, 1.165) is 21.2 Å². The van der Waals surface area contributed by atoms with Crippen molar-refractivity contribution in [1.82, 2.24) is 15.2 Å². The van der Waals surface area contributed by atoms with Crippen LogP contribution in [0.5, 0.6) is 0 Å². The number of amides is 1. The van der Waals surface area contributed by atoms with Crippen LogP contribution in [-0.4, -0.2) is 36.9 Å². The number of nitrogens with zero attached hydrogens (tertiary/aromatic N) is 4. The Hall–Kier alpha value is -3.95. The summed E-state index contributed by atoms with van der Waals surface area (Å²) in [5.41, 5.74) is 5.79. The molecule has 4 rings (SSSR count). The van der Waals surface area contributed by atoms with Gasteiger partial charge in [0.05, 0.1) is 33.7 Å². The molecule has 1 heterocycles. The van der Waals surface area contributed by atoms with Crippen molar-refractivity contribution in [2.24, 2.45) is 5.10 Å². The van der Waals surface area contributed by atoms with Crippen LogP contribution < -0.4 is 9.73 Å². The van der Waals surface area contributed by atoms with E-state index < -0.39 is 22.5 Å². The minimum atomic E-state index is -4.00. The Balaban J connectivity index is 1.54. The number of anilines is 1. The van der Waals surface area contributed by atoms with Crippen molar-refractivity contribution in [3.8, 4) is 5.69 Å². The van der Waals surface area contributed by atoms with Gasteiger partial charge >= 0.3 is 0 Å². The molecule has 0 fully saturated rings. The molecule has 1 aromatic heterocycles. The van der Waals surface area contributed by atoms with Crippen LogP contribution in [0.3, 0.4) is 0 Å². The van der Waals surface area contributed by atoms with Gasteiger partial charge in [0.1, 0.15) is 6.54 Å². The quantitative estimate of drug-likeness (QED) is 0.273. The molecule has 8 nitrogen and oxygen atoms in total. The first-order chi connectivity index (χ1) is 17.3. The Labute approximate surface area is 214 Å². The molecule has 36 heavy (non-hydrogen) atoms. The summed E-state index contributed by atoms with van der Waals surface area (Å²) in [7, 11) is -4.00. The Kier molecular flexibility index (Phi) is 7.52. The Morgan fingerprint density at radius 3 is 2.25 bits per heavy atom. The first-order valence-electron chi connectivity index (χ1n) is 11.0. The molecule has 184 valence electrons. The van der Waals surface area contributed by atoms with E-state index in [0.29, 0.717) is 11.3 Å². The zero-order valence-electron chi connectivity index (χ0n) is 19.7. The van der Waals surface area contributed by atoms with Crippen LogP contribution in [0.1, 0.15) is 16.8 Å². The maximum Gasteiger partial charge on any atom is 0.264 e. The smallest absolute Gasteiger partial charge is 0.264 e. The molecule has 0 unspecified atom stereocenters. The van der Waals surface area contributed by atoms with E-state index in [1.54, 1.807) is 47.1 Å². The van der Waals surface area contributed by atoms with E-state index >= 15 is 0 Å². The maximum atomic E-state index is 13.4. The van der Waals surface area contributed by atoms with Crippen molar-refractivity contribution >= 4 is 39.4 Å². The molecule has 0 radical (unpaired) electrons. The number of rotatable bonds is 8. The van der Waals surface area contributed by atoms with Gasteiger partial charge in [-0.3, -0.25) is 9.10 Å². The molecule has 10 heteroatoms. The second-order valence-corrected chi connectivity index (χ2v) is 10.2. The average molecular weight is 522 g/mol. The first-order valence-corrected chi connectivity index (χ1v) is 12.9. The lowest BCUT2D eigenvalue weighted by molar-refractivity contribution is -0.119. The number of halogens is 1. The van der Waals surface area contributed by atoms with Gasteiger partial charge in [-0.25, -0.2) is 18.5 Å². The van der Waals surface area contributed by atoms with Crippen LogP contribution in [0.2, 0.25) is 5.15 Å². The number of hydrogen-bond acceptors (Lipinski definition) is 5. The van der Waals surface area contributed by atoms with Crippen molar-refractivity contribution < 1.29 is 13.2 Å². The zero-order chi connectivity index (χ0) is 25.7. The third-order valence-corrected chi connectivity index (χ3v) is 7.51. The normalized spacial score (nSPS) is 11.5. The Bertz CT molecular complexity index is 1490. The number of aromatic nitrogens is 2. The fourth-order valence-corrected chi connectivity index (χ4v) is 5.21. The van der Waals surface area contributed by atoms with Crippen LogP contribution in [-0.2, 0) is 14.8 Å². The number of nitrogens with one attached hydrogen (secondary N) is 1. The number of carbonyl (C=O) groups excluding carboxylic acids is 1. The monoisotopic (exact) mass is 521 g/mol. The highest BCUT2D eigenvalue weighted by atomic mass is 35.5. The summed E-state index contributed by atoms with van der Waals surface area (Å²) in [6.45, 7) is 3.24. The van der Waals surface area contributed by atoms with Crippen LogP contribution in [0, 0.1) is 13.8 Å². The van der Waals surface area contributed by atoms with Crippen LogP contribution in [0.4, 0.5) is 5.69 Å². The largest absolute Gasteiger partial charge is 0.271 e. The zero-order valence-corrected chi connectivity index (χ0v) is 21.2. The standard InChI is InChI=1S/C26H24ClN5O3S/c1-19-13-15-23(16-14-19)36(34,35)31(21-9-5-3-6-10-21)18-25(33)29-28-17-24-20(2)32(30-26(24)27)22-11-7-4-8-12-22/h3-17H,18H2,1-2H3,(H,29,33)/b28-17-. The van der Waals surface area contributed by atoms with Gasteiger partial charge in [-0.1, -0.05) is 65.7 Å². The second-order valence-electron chi connectivity index (χ2n) is 7.99. The van der Waals surface area contributed by atoms with Gasteiger partial charge in [0.25, 0.3) is 15.9 Å². The number of hydrogen-bond donors (Lipinski definition) is 1.